The minimum Gasteiger partial charge on any atom is -0.465 e. The number of hydrogen-bond acceptors (Lipinski definition) is 7. The number of sulfone groups is 1. The second-order valence-electron chi connectivity index (χ2n) is 6.53. The molecule has 1 fully saturated rings. The fourth-order valence-corrected chi connectivity index (χ4v) is 5.42. The fraction of sp³-hybridized carbons (Fsp3) is 0.353. The van der Waals surface area contributed by atoms with Gasteiger partial charge in [0, 0.05) is 11.5 Å². The zero-order valence-electron chi connectivity index (χ0n) is 14.6. The topological polar surface area (TPSA) is 96.7 Å². The standard InChI is InChI=1S/C17H18N2O5S3/c1-10(2)14(15(20)18-11-5-7-27(22,23)9-11)19-16(21)13(26-17(19)25)8-12-4-3-6-24-12/h3-8,10-11,14H,9H2,1-2H3,(H,18,20)/b13-8-/t11-,14-/m1/s1. The molecule has 2 aliphatic heterocycles. The van der Waals surface area contributed by atoms with Gasteiger partial charge in [-0.1, -0.05) is 37.8 Å². The van der Waals surface area contributed by atoms with Gasteiger partial charge in [0.2, 0.25) is 5.91 Å². The first-order valence-electron chi connectivity index (χ1n) is 8.20. The third kappa shape index (κ3) is 4.33. The normalized spacial score (nSPS) is 24.2. The SMILES string of the molecule is CC(C)[C@H](C(=O)N[C@@H]1C=CS(=O)(=O)C1)N1C(=O)/C(=C/c2ccco2)SC1=S. The van der Waals surface area contributed by atoms with Crippen molar-refractivity contribution >= 4 is 56.0 Å². The molecule has 0 unspecified atom stereocenters. The molecule has 0 aliphatic carbocycles. The fourth-order valence-electron chi connectivity index (χ4n) is 2.87. The van der Waals surface area contributed by atoms with Crippen LogP contribution in [-0.2, 0) is 19.4 Å². The van der Waals surface area contributed by atoms with Gasteiger partial charge in [0.05, 0.1) is 23.0 Å². The largest absolute Gasteiger partial charge is 0.465 e. The summed E-state index contributed by atoms with van der Waals surface area (Å²) in [6, 6.07) is 1.98. The Bertz CT molecular complexity index is 932. The Morgan fingerprint density at radius 1 is 1.48 bits per heavy atom. The molecule has 144 valence electrons. The van der Waals surface area contributed by atoms with E-state index < -0.39 is 27.8 Å². The van der Waals surface area contributed by atoms with E-state index in [0.29, 0.717) is 10.7 Å². The van der Waals surface area contributed by atoms with Gasteiger partial charge in [0.25, 0.3) is 5.91 Å². The summed E-state index contributed by atoms with van der Waals surface area (Å²) in [5.74, 6) is -0.697. The van der Waals surface area contributed by atoms with Crippen molar-refractivity contribution in [2.24, 2.45) is 5.92 Å². The number of carbonyl (C=O) groups is 2. The van der Waals surface area contributed by atoms with Crippen LogP contribution in [0.4, 0.5) is 0 Å². The van der Waals surface area contributed by atoms with Crippen LogP contribution in [-0.4, -0.2) is 47.3 Å². The van der Waals surface area contributed by atoms with Gasteiger partial charge in [-0.3, -0.25) is 14.5 Å². The van der Waals surface area contributed by atoms with Crippen LogP contribution in [0.1, 0.15) is 19.6 Å². The highest BCUT2D eigenvalue weighted by atomic mass is 32.2. The van der Waals surface area contributed by atoms with Crippen molar-refractivity contribution in [2.75, 3.05) is 5.75 Å². The number of rotatable bonds is 5. The zero-order chi connectivity index (χ0) is 19.8. The van der Waals surface area contributed by atoms with Gasteiger partial charge in [-0.15, -0.1) is 0 Å². The lowest BCUT2D eigenvalue weighted by molar-refractivity contribution is -0.134. The number of furan rings is 1. The van der Waals surface area contributed by atoms with Crippen LogP contribution in [0.2, 0.25) is 0 Å². The molecule has 2 aliphatic rings. The Labute approximate surface area is 166 Å². The molecule has 3 heterocycles. The number of nitrogens with one attached hydrogen (secondary N) is 1. The van der Waals surface area contributed by atoms with E-state index in [1.165, 1.54) is 17.2 Å². The van der Waals surface area contributed by atoms with Gasteiger partial charge in [-0.25, -0.2) is 8.42 Å². The first-order valence-corrected chi connectivity index (χ1v) is 11.1. The van der Waals surface area contributed by atoms with Gasteiger partial charge in [0.15, 0.2) is 9.84 Å². The summed E-state index contributed by atoms with van der Waals surface area (Å²) in [5, 5.41) is 3.78. The quantitative estimate of drug-likeness (QED) is 0.568. The average molecular weight is 427 g/mol. The number of amides is 2. The van der Waals surface area contributed by atoms with E-state index in [1.54, 1.807) is 32.1 Å². The van der Waals surface area contributed by atoms with E-state index in [1.807, 2.05) is 0 Å². The van der Waals surface area contributed by atoms with Crippen LogP contribution in [0.3, 0.4) is 0 Å². The lowest BCUT2D eigenvalue weighted by Gasteiger charge is -2.29. The van der Waals surface area contributed by atoms with Crippen LogP contribution in [0.5, 0.6) is 0 Å². The molecule has 3 rings (SSSR count). The lowest BCUT2D eigenvalue weighted by atomic mass is 10.0. The molecule has 2 amide bonds. The highest BCUT2D eigenvalue weighted by Crippen LogP contribution is 2.35. The summed E-state index contributed by atoms with van der Waals surface area (Å²) in [5.41, 5.74) is 0. The smallest absolute Gasteiger partial charge is 0.267 e. The summed E-state index contributed by atoms with van der Waals surface area (Å²) >= 11 is 6.44. The van der Waals surface area contributed by atoms with Crippen LogP contribution in [0.15, 0.2) is 39.2 Å². The van der Waals surface area contributed by atoms with Crippen molar-refractivity contribution < 1.29 is 22.4 Å². The van der Waals surface area contributed by atoms with E-state index in [-0.39, 0.29) is 21.9 Å². The molecule has 1 saturated heterocycles. The summed E-state index contributed by atoms with van der Waals surface area (Å²) in [4.78, 5) is 27.3. The van der Waals surface area contributed by atoms with Crippen molar-refractivity contribution in [3.05, 3.63) is 40.5 Å². The maximum absolute atomic E-state index is 12.9. The molecule has 0 aromatic carbocycles. The summed E-state index contributed by atoms with van der Waals surface area (Å²) < 4.78 is 28.6. The minimum absolute atomic E-state index is 0.180. The van der Waals surface area contributed by atoms with E-state index in [0.717, 1.165) is 17.2 Å². The third-order valence-corrected chi connectivity index (χ3v) is 6.80. The number of carbonyl (C=O) groups excluding carboxylic acids is 2. The summed E-state index contributed by atoms with van der Waals surface area (Å²) in [6.07, 6.45) is 4.52. The van der Waals surface area contributed by atoms with Crippen molar-refractivity contribution in [1.82, 2.24) is 10.2 Å². The molecule has 2 atom stereocenters. The van der Waals surface area contributed by atoms with Crippen molar-refractivity contribution in [1.29, 1.82) is 0 Å². The Morgan fingerprint density at radius 3 is 2.78 bits per heavy atom. The van der Waals surface area contributed by atoms with Crippen LogP contribution in [0.25, 0.3) is 6.08 Å². The van der Waals surface area contributed by atoms with Gasteiger partial charge in [-0.2, -0.15) is 0 Å². The maximum Gasteiger partial charge on any atom is 0.267 e. The van der Waals surface area contributed by atoms with E-state index in [9.17, 15) is 18.0 Å². The van der Waals surface area contributed by atoms with Gasteiger partial charge >= 0.3 is 0 Å². The molecule has 1 N–H and O–H groups in total. The second-order valence-corrected chi connectivity index (χ2v) is 10.1. The van der Waals surface area contributed by atoms with Crippen molar-refractivity contribution in [3.63, 3.8) is 0 Å². The first-order chi connectivity index (χ1) is 12.7. The summed E-state index contributed by atoms with van der Waals surface area (Å²) in [7, 11) is -3.29. The average Bonchev–Trinajstić information content (AvgIpc) is 3.25. The van der Waals surface area contributed by atoms with E-state index in [4.69, 9.17) is 16.6 Å². The van der Waals surface area contributed by atoms with Crippen LogP contribution < -0.4 is 5.32 Å². The molecule has 1 aromatic heterocycles. The molecule has 0 radical (unpaired) electrons. The molecule has 0 spiro atoms. The van der Waals surface area contributed by atoms with Gasteiger partial charge in [0.1, 0.15) is 16.1 Å². The van der Waals surface area contributed by atoms with Crippen molar-refractivity contribution in [3.8, 4) is 0 Å². The number of thiocarbonyl (C=S) groups is 1. The minimum atomic E-state index is -3.29. The van der Waals surface area contributed by atoms with Gasteiger partial charge in [-0.05, 0) is 24.1 Å². The highest BCUT2D eigenvalue weighted by molar-refractivity contribution is 8.26. The Balaban J connectivity index is 1.80. The maximum atomic E-state index is 12.9. The lowest BCUT2D eigenvalue weighted by Crippen LogP contribution is -2.53. The molecular formula is C17H18N2O5S3. The van der Waals surface area contributed by atoms with E-state index >= 15 is 0 Å². The van der Waals surface area contributed by atoms with Crippen LogP contribution >= 0.6 is 24.0 Å². The number of thioether (sulfide) groups is 1. The predicted octanol–water partition coefficient (Wildman–Crippen LogP) is 1.93. The monoisotopic (exact) mass is 426 g/mol. The predicted molar refractivity (Wildman–Crippen MR) is 107 cm³/mol. The Hall–Kier alpha value is -1.91. The van der Waals surface area contributed by atoms with Crippen LogP contribution in [0, 0.1) is 5.92 Å². The molecule has 0 saturated carbocycles. The second kappa shape index (κ2) is 7.61. The summed E-state index contributed by atoms with van der Waals surface area (Å²) in [6.45, 7) is 3.61. The van der Waals surface area contributed by atoms with Crippen molar-refractivity contribution in [2.45, 2.75) is 25.9 Å². The highest BCUT2D eigenvalue weighted by Gasteiger charge is 2.42. The van der Waals surface area contributed by atoms with Gasteiger partial charge < -0.3 is 9.73 Å². The molecule has 27 heavy (non-hydrogen) atoms. The molecule has 1 aromatic rings. The third-order valence-electron chi connectivity index (χ3n) is 4.08. The molecule has 0 bridgehead atoms. The molecule has 10 heteroatoms. The zero-order valence-corrected chi connectivity index (χ0v) is 17.1. The molecular weight excluding hydrogens is 408 g/mol. The Morgan fingerprint density at radius 2 is 2.22 bits per heavy atom. The Kier molecular flexibility index (Phi) is 5.59. The number of hydrogen-bond donors (Lipinski definition) is 1. The molecule has 7 nitrogen and oxygen atoms in total. The van der Waals surface area contributed by atoms with E-state index in [2.05, 4.69) is 5.32 Å². The number of nitrogens with zero attached hydrogens (tertiary/aromatic N) is 1. The first kappa shape index (κ1) is 19.8.